The number of nitrogens with zero attached hydrogens (tertiary/aromatic N) is 2. The van der Waals surface area contributed by atoms with Gasteiger partial charge in [0.05, 0.1) is 29.6 Å². The van der Waals surface area contributed by atoms with Crippen molar-refractivity contribution in [1.29, 1.82) is 0 Å². The van der Waals surface area contributed by atoms with Crippen molar-refractivity contribution in [3.05, 3.63) is 57.8 Å². The van der Waals surface area contributed by atoms with Crippen LogP contribution in [0.25, 0.3) is 5.52 Å². The Kier molecular flexibility index (Phi) is 5.91. The first-order chi connectivity index (χ1) is 14.3. The number of amides is 1. The van der Waals surface area contributed by atoms with Gasteiger partial charge in [-0.3, -0.25) is 14.0 Å². The van der Waals surface area contributed by atoms with Gasteiger partial charge in [0.1, 0.15) is 30.7 Å². The van der Waals surface area contributed by atoms with Crippen LogP contribution in [0.1, 0.15) is 24.2 Å². The van der Waals surface area contributed by atoms with E-state index in [9.17, 15) is 9.18 Å². The molecule has 1 aliphatic rings. The van der Waals surface area contributed by atoms with E-state index in [0.717, 1.165) is 9.09 Å². The highest BCUT2D eigenvalue weighted by Gasteiger charge is 2.33. The highest BCUT2D eigenvalue weighted by Crippen LogP contribution is 2.26. The SMILES string of the molecule is CC1(C)OC[C@H](CONC(=O)c2ccc3cncn3c2Nc2ccc(I)cc2F)O1. The number of ether oxygens (including phenoxy) is 2. The maximum atomic E-state index is 14.4. The Morgan fingerprint density at radius 3 is 2.97 bits per heavy atom. The molecule has 158 valence electrons. The van der Waals surface area contributed by atoms with E-state index in [2.05, 4.69) is 15.8 Å². The van der Waals surface area contributed by atoms with E-state index in [1.54, 1.807) is 41.2 Å². The molecule has 10 heteroatoms. The summed E-state index contributed by atoms with van der Waals surface area (Å²) in [5.74, 6) is -1.22. The van der Waals surface area contributed by atoms with Crippen molar-refractivity contribution < 1.29 is 23.5 Å². The van der Waals surface area contributed by atoms with Gasteiger partial charge in [-0.25, -0.2) is 14.9 Å². The first kappa shape index (κ1) is 21.0. The first-order valence-corrected chi connectivity index (χ1v) is 10.3. The van der Waals surface area contributed by atoms with Gasteiger partial charge in [0.2, 0.25) is 0 Å². The number of aromatic nitrogens is 2. The van der Waals surface area contributed by atoms with Crippen LogP contribution in [-0.2, 0) is 14.3 Å². The normalized spacial score (nSPS) is 17.9. The first-order valence-electron chi connectivity index (χ1n) is 9.23. The van der Waals surface area contributed by atoms with Crippen LogP contribution in [0, 0.1) is 9.39 Å². The summed E-state index contributed by atoms with van der Waals surface area (Å²) in [5, 5.41) is 3.00. The number of fused-ring (bicyclic) bond motifs is 1. The number of hydrogen-bond acceptors (Lipinski definition) is 6. The summed E-state index contributed by atoms with van der Waals surface area (Å²) in [6, 6.07) is 8.16. The fourth-order valence-corrected chi connectivity index (χ4v) is 3.58. The molecule has 0 saturated carbocycles. The lowest BCUT2D eigenvalue weighted by Gasteiger charge is -2.17. The number of pyridine rings is 1. The molecule has 0 unspecified atom stereocenters. The average Bonchev–Trinajstić information content (AvgIpc) is 3.30. The third-order valence-electron chi connectivity index (χ3n) is 4.51. The molecule has 0 radical (unpaired) electrons. The third-order valence-corrected chi connectivity index (χ3v) is 5.19. The Balaban J connectivity index is 1.53. The second kappa shape index (κ2) is 8.46. The van der Waals surface area contributed by atoms with Crippen molar-refractivity contribution in [3.8, 4) is 0 Å². The number of imidazole rings is 1. The number of rotatable bonds is 6. The molecule has 8 nitrogen and oxygen atoms in total. The molecule has 3 aromatic rings. The summed E-state index contributed by atoms with van der Waals surface area (Å²) < 4.78 is 27.9. The lowest BCUT2D eigenvalue weighted by atomic mass is 10.2. The Morgan fingerprint density at radius 1 is 1.40 bits per heavy atom. The Morgan fingerprint density at radius 2 is 2.23 bits per heavy atom. The molecule has 1 amide bonds. The standard InChI is InChI=1S/C20H20FIN4O4/c1-20(2)28-9-14(30-20)10-29-25-19(27)15-5-4-13-8-23-11-26(13)18(15)24-17-6-3-12(22)7-16(17)21/h3-8,11,14,24H,9-10H2,1-2H3,(H,25,27)/t14-/m1/s1. The Hall–Kier alpha value is -2.28. The quantitative estimate of drug-likeness (QED) is 0.377. The maximum absolute atomic E-state index is 14.4. The summed E-state index contributed by atoms with van der Waals surface area (Å²) in [4.78, 5) is 22.2. The van der Waals surface area contributed by atoms with Crippen molar-refractivity contribution in [2.45, 2.75) is 25.7 Å². The fraction of sp³-hybridized carbons (Fsp3) is 0.300. The van der Waals surface area contributed by atoms with Crippen molar-refractivity contribution in [2.75, 3.05) is 18.5 Å². The summed E-state index contributed by atoms with van der Waals surface area (Å²) in [7, 11) is 0. The van der Waals surface area contributed by atoms with E-state index in [1.807, 2.05) is 36.4 Å². The molecule has 0 bridgehead atoms. The zero-order valence-corrected chi connectivity index (χ0v) is 18.5. The van der Waals surface area contributed by atoms with E-state index in [-0.39, 0.29) is 24.0 Å². The number of hydroxylamine groups is 1. The van der Waals surface area contributed by atoms with Gasteiger partial charge in [-0.05, 0) is 66.8 Å². The van der Waals surface area contributed by atoms with Gasteiger partial charge in [-0.2, -0.15) is 0 Å². The minimum Gasteiger partial charge on any atom is -0.348 e. The molecular weight excluding hydrogens is 506 g/mol. The van der Waals surface area contributed by atoms with E-state index in [4.69, 9.17) is 14.3 Å². The molecule has 1 atom stereocenters. The minimum absolute atomic E-state index is 0.136. The molecule has 0 aliphatic carbocycles. The predicted octanol–water partition coefficient (Wildman–Crippen LogP) is 3.63. The predicted molar refractivity (Wildman–Crippen MR) is 116 cm³/mol. The highest BCUT2D eigenvalue weighted by molar-refractivity contribution is 14.1. The second-order valence-corrected chi connectivity index (χ2v) is 8.47. The van der Waals surface area contributed by atoms with E-state index >= 15 is 0 Å². The molecular formula is C20H20FIN4O4. The van der Waals surface area contributed by atoms with Crippen molar-refractivity contribution in [1.82, 2.24) is 14.9 Å². The van der Waals surface area contributed by atoms with Crippen LogP contribution < -0.4 is 10.8 Å². The number of benzene rings is 1. The van der Waals surface area contributed by atoms with Gasteiger partial charge in [0.25, 0.3) is 5.91 Å². The number of carbonyl (C=O) groups excluding carboxylic acids is 1. The summed E-state index contributed by atoms with van der Waals surface area (Å²) in [5.41, 5.74) is 3.67. The minimum atomic E-state index is -0.668. The number of carbonyl (C=O) groups is 1. The van der Waals surface area contributed by atoms with Crippen LogP contribution in [0.4, 0.5) is 15.9 Å². The van der Waals surface area contributed by atoms with Gasteiger partial charge in [-0.15, -0.1) is 0 Å². The molecule has 2 N–H and O–H groups in total. The smallest absolute Gasteiger partial charge is 0.278 e. The Labute approximate surface area is 185 Å². The molecule has 1 aromatic carbocycles. The number of anilines is 2. The number of nitrogens with one attached hydrogen (secondary N) is 2. The van der Waals surface area contributed by atoms with Crippen LogP contribution >= 0.6 is 22.6 Å². The zero-order valence-electron chi connectivity index (χ0n) is 16.3. The van der Waals surface area contributed by atoms with Crippen molar-refractivity contribution in [2.24, 2.45) is 0 Å². The zero-order chi connectivity index (χ0) is 21.3. The summed E-state index contributed by atoms with van der Waals surface area (Å²) in [6.07, 6.45) is 2.91. The number of hydrogen-bond donors (Lipinski definition) is 2. The van der Waals surface area contributed by atoms with Crippen LogP contribution in [0.5, 0.6) is 0 Å². The highest BCUT2D eigenvalue weighted by atomic mass is 127. The summed E-state index contributed by atoms with van der Waals surface area (Å²) in [6.45, 7) is 4.14. The molecule has 0 spiro atoms. The molecule has 2 aromatic heterocycles. The van der Waals surface area contributed by atoms with E-state index in [0.29, 0.717) is 12.4 Å². The van der Waals surface area contributed by atoms with Crippen LogP contribution in [0.15, 0.2) is 42.9 Å². The Bertz CT molecular complexity index is 1090. The fourth-order valence-electron chi connectivity index (χ4n) is 3.12. The number of halogens is 2. The molecule has 30 heavy (non-hydrogen) atoms. The van der Waals surface area contributed by atoms with Crippen LogP contribution in [-0.4, -0.2) is 40.4 Å². The van der Waals surface area contributed by atoms with Crippen molar-refractivity contribution in [3.63, 3.8) is 0 Å². The second-order valence-electron chi connectivity index (χ2n) is 7.23. The third kappa shape index (κ3) is 4.56. The molecule has 3 heterocycles. The van der Waals surface area contributed by atoms with Gasteiger partial charge >= 0.3 is 0 Å². The maximum Gasteiger partial charge on any atom is 0.278 e. The van der Waals surface area contributed by atoms with E-state index in [1.165, 1.54) is 6.07 Å². The van der Waals surface area contributed by atoms with Crippen LogP contribution in [0.2, 0.25) is 0 Å². The van der Waals surface area contributed by atoms with E-state index < -0.39 is 17.5 Å². The van der Waals surface area contributed by atoms with Gasteiger partial charge in [-0.1, -0.05) is 0 Å². The topological polar surface area (TPSA) is 86.1 Å². The lowest BCUT2D eigenvalue weighted by molar-refractivity contribution is -0.147. The van der Waals surface area contributed by atoms with Gasteiger partial charge in [0, 0.05) is 3.57 Å². The summed E-state index contributed by atoms with van der Waals surface area (Å²) >= 11 is 2.03. The molecule has 1 fully saturated rings. The monoisotopic (exact) mass is 526 g/mol. The van der Waals surface area contributed by atoms with Gasteiger partial charge < -0.3 is 14.8 Å². The van der Waals surface area contributed by atoms with Crippen LogP contribution in [0.3, 0.4) is 0 Å². The molecule has 4 rings (SSSR count). The molecule has 1 saturated heterocycles. The lowest BCUT2D eigenvalue weighted by Crippen LogP contribution is -2.31. The van der Waals surface area contributed by atoms with Crippen molar-refractivity contribution >= 4 is 45.5 Å². The average molecular weight is 526 g/mol. The van der Waals surface area contributed by atoms with Gasteiger partial charge in [0.15, 0.2) is 5.79 Å². The molecule has 1 aliphatic heterocycles. The largest absolute Gasteiger partial charge is 0.348 e.